The summed E-state index contributed by atoms with van der Waals surface area (Å²) in [6.07, 6.45) is 0.394. The van der Waals surface area contributed by atoms with Gasteiger partial charge in [-0.25, -0.2) is 0 Å². The van der Waals surface area contributed by atoms with Gasteiger partial charge in [-0.3, -0.25) is 4.79 Å². The summed E-state index contributed by atoms with van der Waals surface area (Å²) in [5.41, 5.74) is 1.46. The molecule has 0 aliphatic carbocycles. The quantitative estimate of drug-likeness (QED) is 0.745. The first-order valence-electron chi connectivity index (χ1n) is 7.03. The van der Waals surface area contributed by atoms with Crippen LogP contribution in [-0.4, -0.2) is 31.8 Å². The van der Waals surface area contributed by atoms with E-state index in [4.69, 9.17) is 9.47 Å². The molecular formula is C17H21NO3. The van der Waals surface area contributed by atoms with Crippen molar-refractivity contribution in [3.63, 3.8) is 0 Å². The van der Waals surface area contributed by atoms with Gasteiger partial charge in [0.15, 0.2) is 0 Å². The molecule has 0 spiro atoms. The predicted octanol–water partition coefficient (Wildman–Crippen LogP) is 2.60. The lowest BCUT2D eigenvalue weighted by molar-refractivity contribution is -0.118. The molecule has 1 aliphatic rings. The number of benzene rings is 1. The molecule has 21 heavy (non-hydrogen) atoms. The van der Waals surface area contributed by atoms with E-state index in [9.17, 15) is 4.79 Å². The molecule has 1 aromatic rings. The molecule has 0 aromatic heterocycles. The highest BCUT2D eigenvalue weighted by Crippen LogP contribution is 2.31. The molecule has 0 N–H and O–H groups in total. The van der Waals surface area contributed by atoms with E-state index >= 15 is 0 Å². The van der Waals surface area contributed by atoms with Crippen molar-refractivity contribution in [2.24, 2.45) is 0 Å². The Morgan fingerprint density at radius 3 is 2.86 bits per heavy atom. The fourth-order valence-electron chi connectivity index (χ4n) is 1.93. The molecule has 0 atom stereocenters. The summed E-state index contributed by atoms with van der Waals surface area (Å²) in [4.78, 5) is 13.4. The van der Waals surface area contributed by atoms with Crippen LogP contribution in [0.25, 0.3) is 0 Å². The molecular weight excluding hydrogens is 266 g/mol. The number of carbonyl (C=O) groups excluding carboxylic acids is 1. The van der Waals surface area contributed by atoms with Crippen molar-refractivity contribution in [3.8, 4) is 17.6 Å². The Morgan fingerprint density at radius 2 is 2.14 bits per heavy atom. The van der Waals surface area contributed by atoms with Crippen LogP contribution >= 0.6 is 0 Å². The Labute approximate surface area is 126 Å². The molecule has 4 nitrogen and oxygen atoms in total. The molecule has 2 rings (SSSR count). The Kier molecular flexibility index (Phi) is 4.54. The van der Waals surface area contributed by atoms with E-state index in [2.05, 4.69) is 11.8 Å². The highest BCUT2D eigenvalue weighted by Gasteiger charge is 2.19. The van der Waals surface area contributed by atoms with E-state index in [1.54, 1.807) is 11.9 Å². The fraction of sp³-hybridized carbons (Fsp3) is 0.471. The van der Waals surface area contributed by atoms with Crippen LogP contribution in [-0.2, 0) is 9.53 Å². The van der Waals surface area contributed by atoms with Crippen LogP contribution in [0.1, 0.15) is 32.8 Å². The maximum absolute atomic E-state index is 11.8. The predicted molar refractivity (Wildman–Crippen MR) is 82.5 cm³/mol. The highest BCUT2D eigenvalue weighted by atomic mass is 16.5. The summed E-state index contributed by atoms with van der Waals surface area (Å²) in [7, 11) is 1.76. The molecule has 0 saturated carbocycles. The van der Waals surface area contributed by atoms with Crippen LogP contribution in [0.15, 0.2) is 18.2 Å². The largest absolute Gasteiger partial charge is 0.491 e. The highest BCUT2D eigenvalue weighted by molar-refractivity contribution is 5.95. The van der Waals surface area contributed by atoms with Gasteiger partial charge < -0.3 is 14.4 Å². The zero-order chi connectivity index (χ0) is 15.5. The first kappa shape index (κ1) is 15.4. The maximum Gasteiger partial charge on any atom is 0.230 e. The van der Waals surface area contributed by atoms with Crippen LogP contribution in [0.5, 0.6) is 5.75 Å². The van der Waals surface area contributed by atoms with Crippen LogP contribution in [0.2, 0.25) is 0 Å². The van der Waals surface area contributed by atoms with Gasteiger partial charge in [0, 0.05) is 12.6 Å². The summed E-state index contributed by atoms with van der Waals surface area (Å²) in [5.74, 6) is 6.81. The molecule has 1 aliphatic heterocycles. The van der Waals surface area contributed by atoms with E-state index in [0.717, 1.165) is 11.3 Å². The molecule has 0 unspecified atom stereocenters. The van der Waals surface area contributed by atoms with Crippen molar-refractivity contribution in [2.75, 3.05) is 25.2 Å². The molecule has 112 valence electrons. The Hall–Kier alpha value is -1.99. The minimum absolute atomic E-state index is 0.0613. The van der Waals surface area contributed by atoms with Crippen molar-refractivity contribution < 1.29 is 14.3 Å². The van der Waals surface area contributed by atoms with E-state index in [1.807, 2.05) is 39.0 Å². The third-order valence-corrected chi connectivity index (χ3v) is 3.08. The first-order chi connectivity index (χ1) is 9.87. The van der Waals surface area contributed by atoms with Gasteiger partial charge in [0.1, 0.15) is 12.4 Å². The molecule has 4 heteroatoms. The summed E-state index contributed by atoms with van der Waals surface area (Å²) in [6.45, 7) is 6.79. The molecule has 0 bridgehead atoms. The van der Waals surface area contributed by atoms with E-state index in [0.29, 0.717) is 25.4 Å². The van der Waals surface area contributed by atoms with Gasteiger partial charge in [0.2, 0.25) is 5.91 Å². The summed E-state index contributed by atoms with van der Waals surface area (Å²) < 4.78 is 11.2. The smallest absolute Gasteiger partial charge is 0.230 e. The minimum atomic E-state index is -0.186. The Bertz CT molecular complexity index is 590. The summed E-state index contributed by atoms with van der Waals surface area (Å²) >= 11 is 0. The number of hydrogen-bond acceptors (Lipinski definition) is 3. The monoisotopic (exact) mass is 287 g/mol. The number of fused-ring (bicyclic) bond motifs is 1. The van der Waals surface area contributed by atoms with Gasteiger partial charge in [-0.1, -0.05) is 11.8 Å². The standard InChI is InChI=1S/C17H21NO3/c1-17(2,3)21-10-5-6-13-7-8-14-15(12-13)20-11-9-16(19)18(14)4/h7-8,12H,9-11H2,1-4H3. The zero-order valence-electron chi connectivity index (χ0n) is 13.0. The van der Waals surface area contributed by atoms with E-state index < -0.39 is 0 Å². The van der Waals surface area contributed by atoms with Crippen molar-refractivity contribution in [1.82, 2.24) is 0 Å². The third kappa shape index (κ3) is 4.24. The van der Waals surface area contributed by atoms with Gasteiger partial charge in [-0.15, -0.1) is 0 Å². The van der Waals surface area contributed by atoms with Crippen LogP contribution in [0, 0.1) is 11.8 Å². The molecule has 1 amide bonds. The van der Waals surface area contributed by atoms with Gasteiger partial charge in [-0.2, -0.15) is 0 Å². The fourth-order valence-corrected chi connectivity index (χ4v) is 1.93. The first-order valence-corrected chi connectivity index (χ1v) is 7.03. The second kappa shape index (κ2) is 6.19. The van der Waals surface area contributed by atoms with Gasteiger partial charge in [0.05, 0.1) is 24.3 Å². The number of hydrogen-bond donors (Lipinski definition) is 0. The van der Waals surface area contributed by atoms with E-state index in [-0.39, 0.29) is 11.5 Å². The number of anilines is 1. The average Bonchev–Trinajstić information content (AvgIpc) is 2.54. The Balaban J connectivity index is 2.13. The van der Waals surface area contributed by atoms with E-state index in [1.165, 1.54) is 0 Å². The molecule has 0 saturated heterocycles. The third-order valence-electron chi connectivity index (χ3n) is 3.08. The van der Waals surface area contributed by atoms with Crippen LogP contribution in [0.4, 0.5) is 5.69 Å². The SMILES string of the molecule is CN1C(=O)CCOc2cc(C#CCOC(C)(C)C)ccc21. The lowest BCUT2D eigenvalue weighted by Crippen LogP contribution is -2.25. The second-order valence-electron chi connectivity index (χ2n) is 5.94. The van der Waals surface area contributed by atoms with Crippen molar-refractivity contribution in [2.45, 2.75) is 32.8 Å². The number of amides is 1. The average molecular weight is 287 g/mol. The number of rotatable bonds is 1. The van der Waals surface area contributed by atoms with Gasteiger partial charge >= 0.3 is 0 Å². The number of ether oxygens (including phenoxy) is 2. The van der Waals surface area contributed by atoms with Crippen LogP contribution < -0.4 is 9.64 Å². The molecule has 0 fully saturated rings. The zero-order valence-corrected chi connectivity index (χ0v) is 13.0. The van der Waals surface area contributed by atoms with Gasteiger partial charge in [0.25, 0.3) is 0 Å². The normalized spacial score (nSPS) is 14.7. The molecule has 1 heterocycles. The van der Waals surface area contributed by atoms with Crippen molar-refractivity contribution >= 4 is 11.6 Å². The minimum Gasteiger partial charge on any atom is -0.491 e. The number of carbonyl (C=O) groups is 1. The van der Waals surface area contributed by atoms with Crippen LogP contribution in [0.3, 0.4) is 0 Å². The van der Waals surface area contributed by atoms with Gasteiger partial charge in [-0.05, 0) is 39.0 Å². The maximum atomic E-state index is 11.8. The Morgan fingerprint density at radius 1 is 1.38 bits per heavy atom. The summed E-state index contributed by atoms with van der Waals surface area (Å²) in [6, 6.07) is 5.63. The second-order valence-corrected chi connectivity index (χ2v) is 5.94. The number of nitrogens with zero attached hydrogens (tertiary/aromatic N) is 1. The van der Waals surface area contributed by atoms with Crippen molar-refractivity contribution in [3.05, 3.63) is 23.8 Å². The molecule has 1 aromatic carbocycles. The van der Waals surface area contributed by atoms with Crippen molar-refractivity contribution in [1.29, 1.82) is 0 Å². The molecule has 0 radical (unpaired) electrons. The lowest BCUT2D eigenvalue weighted by atomic mass is 10.1. The lowest BCUT2D eigenvalue weighted by Gasteiger charge is -2.17. The topological polar surface area (TPSA) is 38.8 Å². The summed E-state index contributed by atoms with van der Waals surface area (Å²) in [5, 5.41) is 0.